The SMILES string of the molecule is C[C@@H]1C2C[C@@]34COC(=O)C3=CC=C[C@H]4[C@@]13C[C@H](c1ccoc1)O[C@@H]3O2. The van der Waals surface area contributed by atoms with Crippen LogP contribution in [0.2, 0.25) is 0 Å². The fourth-order valence-corrected chi connectivity index (χ4v) is 6.20. The molecule has 3 aliphatic heterocycles. The van der Waals surface area contributed by atoms with Crippen LogP contribution in [-0.4, -0.2) is 25.0 Å². The fraction of sp³-hybridized carbons (Fsp3) is 0.550. The Morgan fingerprint density at radius 2 is 2.16 bits per heavy atom. The predicted molar refractivity (Wildman–Crippen MR) is 86.1 cm³/mol. The number of hydrogen-bond donors (Lipinski definition) is 0. The summed E-state index contributed by atoms with van der Waals surface area (Å²) >= 11 is 0. The molecule has 1 aromatic heterocycles. The average molecular weight is 340 g/mol. The van der Waals surface area contributed by atoms with Gasteiger partial charge in [0.05, 0.1) is 24.7 Å². The minimum absolute atomic E-state index is 0.0249. The van der Waals surface area contributed by atoms with Crippen LogP contribution in [0.3, 0.4) is 0 Å². The van der Waals surface area contributed by atoms with E-state index >= 15 is 0 Å². The third-order valence-corrected chi connectivity index (χ3v) is 7.41. The van der Waals surface area contributed by atoms with Crippen LogP contribution < -0.4 is 0 Å². The maximum atomic E-state index is 12.3. The Labute approximate surface area is 145 Å². The normalized spacial score (nSPS) is 49.4. The van der Waals surface area contributed by atoms with Gasteiger partial charge in [-0.25, -0.2) is 4.79 Å². The summed E-state index contributed by atoms with van der Waals surface area (Å²) in [5.74, 6) is 0.411. The first-order valence-corrected chi connectivity index (χ1v) is 9.04. The van der Waals surface area contributed by atoms with E-state index in [-0.39, 0.29) is 41.2 Å². The molecule has 2 bridgehead atoms. The van der Waals surface area contributed by atoms with Gasteiger partial charge in [0.15, 0.2) is 6.29 Å². The van der Waals surface area contributed by atoms with Crippen molar-refractivity contribution in [2.45, 2.75) is 38.3 Å². The largest absolute Gasteiger partial charge is 0.472 e. The van der Waals surface area contributed by atoms with Gasteiger partial charge in [0.2, 0.25) is 0 Å². The third kappa shape index (κ3) is 1.51. The molecule has 5 heteroatoms. The zero-order valence-corrected chi connectivity index (χ0v) is 14.0. The molecule has 1 unspecified atom stereocenters. The molecule has 1 aromatic rings. The molecule has 0 aromatic carbocycles. The minimum Gasteiger partial charge on any atom is -0.472 e. The average Bonchev–Trinajstić information content (AvgIpc) is 3.34. The van der Waals surface area contributed by atoms with E-state index in [1.54, 1.807) is 12.5 Å². The molecule has 4 heterocycles. The number of carbonyl (C=O) groups is 1. The number of rotatable bonds is 1. The van der Waals surface area contributed by atoms with Gasteiger partial charge in [-0.15, -0.1) is 0 Å². The van der Waals surface area contributed by atoms with Crippen molar-refractivity contribution in [2.75, 3.05) is 6.61 Å². The summed E-state index contributed by atoms with van der Waals surface area (Å²) in [7, 11) is 0. The standard InChI is InChI=1S/C20H20O5/c1-11-14-7-19-10-23-17(21)13(19)3-2-4-16(19)20(11)8-15(25-18(20)24-14)12-5-6-22-9-12/h2-6,9,11,14-16,18H,7-8,10H2,1H3/t11-,14?,15-,16-,18+,19-,20-/m1/s1. The van der Waals surface area contributed by atoms with Gasteiger partial charge in [-0.05, 0) is 24.8 Å². The van der Waals surface area contributed by atoms with E-state index in [2.05, 4.69) is 13.0 Å². The number of allylic oxidation sites excluding steroid dienone is 3. The Kier molecular flexibility index (Phi) is 2.56. The van der Waals surface area contributed by atoms with Gasteiger partial charge in [-0.3, -0.25) is 0 Å². The van der Waals surface area contributed by atoms with E-state index in [0.29, 0.717) is 12.5 Å². The smallest absolute Gasteiger partial charge is 0.334 e. The molecule has 6 rings (SSSR count). The lowest BCUT2D eigenvalue weighted by atomic mass is 9.48. The summed E-state index contributed by atoms with van der Waals surface area (Å²) in [6, 6.07) is 1.97. The first kappa shape index (κ1) is 14.3. The van der Waals surface area contributed by atoms with Crippen molar-refractivity contribution < 1.29 is 23.4 Å². The second-order valence-corrected chi connectivity index (χ2v) is 8.17. The van der Waals surface area contributed by atoms with Gasteiger partial charge in [0.1, 0.15) is 6.61 Å². The number of fused-ring (bicyclic) bond motifs is 1. The maximum Gasteiger partial charge on any atom is 0.334 e. The molecule has 0 amide bonds. The molecular weight excluding hydrogens is 320 g/mol. The summed E-state index contributed by atoms with van der Waals surface area (Å²) in [4.78, 5) is 12.3. The van der Waals surface area contributed by atoms with E-state index in [0.717, 1.165) is 24.0 Å². The molecule has 25 heavy (non-hydrogen) atoms. The van der Waals surface area contributed by atoms with E-state index in [9.17, 15) is 4.79 Å². The third-order valence-electron chi connectivity index (χ3n) is 7.41. The second kappa shape index (κ2) is 4.46. The Morgan fingerprint density at radius 3 is 3.00 bits per heavy atom. The molecular formula is C20H20O5. The van der Waals surface area contributed by atoms with E-state index in [1.165, 1.54) is 0 Å². The molecule has 0 N–H and O–H groups in total. The van der Waals surface area contributed by atoms with Crippen LogP contribution in [0.15, 0.2) is 46.8 Å². The zero-order chi connectivity index (χ0) is 16.8. The molecule has 1 saturated carbocycles. The highest BCUT2D eigenvalue weighted by Crippen LogP contribution is 2.71. The van der Waals surface area contributed by atoms with Crippen molar-refractivity contribution in [1.29, 1.82) is 0 Å². The molecule has 0 radical (unpaired) electrons. The Morgan fingerprint density at radius 1 is 1.24 bits per heavy atom. The lowest BCUT2D eigenvalue weighted by molar-refractivity contribution is -0.149. The van der Waals surface area contributed by atoms with Crippen LogP contribution in [0, 0.1) is 22.7 Å². The van der Waals surface area contributed by atoms with E-state index in [1.807, 2.05) is 18.2 Å². The van der Waals surface area contributed by atoms with Crippen LogP contribution in [0.4, 0.5) is 0 Å². The summed E-state index contributed by atoms with van der Waals surface area (Å²) < 4.78 is 23.5. The van der Waals surface area contributed by atoms with Crippen molar-refractivity contribution >= 4 is 5.97 Å². The highest BCUT2D eigenvalue weighted by atomic mass is 16.7. The highest BCUT2D eigenvalue weighted by Gasteiger charge is 2.73. The van der Waals surface area contributed by atoms with E-state index < -0.39 is 0 Å². The topological polar surface area (TPSA) is 57.9 Å². The molecule has 130 valence electrons. The fourth-order valence-electron chi connectivity index (χ4n) is 6.20. The van der Waals surface area contributed by atoms with Crippen LogP contribution in [-0.2, 0) is 19.0 Å². The molecule has 7 atom stereocenters. The van der Waals surface area contributed by atoms with Crippen molar-refractivity contribution in [3.8, 4) is 0 Å². The zero-order valence-electron chi connectivity index (χ0n) is 14.0. The van der Waals surface area contributed by atoms with Crippen LogP contribution in [0.25, 0.3) is 0 Å². The van der Waals surface area contributed by atoms with Crippen molar-refractivity contribution in [2.24, 2.45) is 22.7 Å². The Bertz CT molecular complexity index is 808. The number of ether oxygens (including phenoxy) is 3. The van der Waals surface area contributed by atoms with Crippen LogP contribution in [0.5, 0.6) is 0 Å². The van der Waals surface area contributed by atoms with Crippen molar-refractivity contribution in [3.63, 3.8) is 0 Å². The number of esters is 1. The Balaban J connectivity index is 1.48. The number of cyclic esters (lactones) is 1. The van der Waals surface area contributed by atoms with E-state index in [4.69, 9.17) is 18.6 Å². The summed E-state index contributed by atoms with van der Waals surface area (Å²) in [6.07, 6.45) is 11.2. The maximum absolute atomic E-state index is 12.3. The number of furan rings is 1. The minimum atomic E-state index is -0.258. The van der Waals surface area contributed by atoms with Crippen molar-refractivity contribution in [1.82, 2.24) is 0 Å². The number of hydrogen-bond acceptors (Lipinski definition) is 5. The lowest BCUT2D eigenvalue weighted by Gasteiger charge is -2.52. The summed E-state index contributed by atoms with van der Waals surface area (Å²) in [5.41, 5.74) is 1.50. The first-order chi connectivity index (χ1) is 12.1. The van der Waals surface area contributed by atoms with Crippen molar-refractivity contribution in [3.05, 3.63) is 48.0 Å². The van der Waals surface area contributed by atoms with Crippen LogP contribution >= 0.6 is 0 Å². The summed E-state index contributed by atoms with van der Waals surface area (Å²) in [6.45, 7) is 2.74. The van der Waals surface area contributed by atoms with Gasteiger partial charge >= 0.3 is 5.97 Å². The number of carbonyl (C=O) groups excluding carboxylic acids is 1. The quantitative estimate of drug-likeness (QED) is 0.735. The molecule has 3 saturated heterocycles. The molecule has 2 aliphatic carbocycles. The van der Waals surface area contributed by atoms with Crippen LogP contribution in [0.1, 0.15) is 31.4 Å². The molecule has 2 spiro atoms. The highest BCUT2D eigenvalue weighted by molar-refractivity contribution is 5.93. The Hall–Kier alpha value is -1.85. The van der Waals surface area contributed by atoms with Gasteiger partial charge in [0.25, 0.3) is 0 Å². The van der Waals surface area contributed by atoms with Gasteiger partial charge in [-0.1, -0.05) is 25.2 Å². The van der Waals surface area contributed by atoms with Gasteiger partial charge < -0.3 is 18.6 Å². The molecule has 5 nitrogen and oxygen atoms in total. The second-order valence-electron chi connectivity index (χ2n) is 8.17. The lowest BCUT2D eigenvalue weighted by Crippen LogP contribution is -2.54. The predicted octanol–water partition coefficient (Wildman–Crippen LogP) is 3.15. The molecule has 4 fully saturated rings. The van der Waals surface area contributed by atoms with Gasteiger partial charge in [0, 0.05) is 27.9 Å². The molecule has 5 aliphatic rings. The monoisotopic (exact) mass is 340 g/mol. The first-order valence-electron chi connectivity index (χ1n) is 9.04. The summed E-state index contributed by atoms with van der Waals surface area (Å²) in [5, 5.41) is 0. The van der Waals surface area contributed by atoms with Gasteiger partial charge in [-0.2, -0.15) is 0 Å².